The maximum Gasteiger partial charge on any atom is 0.208 e. The minimum Gasteiger partial charge on any atom is -0.390 e. The van der Waals surface area contributed by atoms with Crippen LogP contribution in [0, 0.1) is 19.8 Å². The minimum atomic E-state index is -1.48. The lowest BCUT2D eigenvalue weighted by atomic mass is 9.93. The van der Waals surface area contributed by atoms with Crippen LogP contribution in [-0.2, 0) is 11.2 Å². The predicted molar refractivity (Wildman–Crippen MR) is 124 cm³/mol. The Morgan fingerprint density at radius 3 is 2.94 bits per heavy atom. The number of hydrogen-bond donors (Lipinski definition) is 2. The molecule has 5 rings (SSSR count). The van der Waals surface area contributed by atoms with Gasteiger partial charge in [0.1, 0.15) is 24.4 Å². The van der Waals surface area contributed by atoms with Crippen molar-refractivity contribution in [1.82, 2.24) is 9.97 Å². The highest BCUT2D eigenvalue weighted by Gasteiger charge is 2.41. The third-order valence-electron chi connectivity index (χ3n) is 6.49. The van der Waals surface area contributed by atoms with Crippen molar-refractivity contribution in [1.29, 1.82) is 0 Å². The number of halogens is 1. The van der Waals surface area contributed by atoms with Crippen molar-refractivity contribution in [2.45, 2.75) is 44.2 Å². The number of ether oxygens (including phenoxy) is 1. The summed E-state index contributed by atoms with van der Waals surface area (Å²) in [5, 5.41) is 12.9. The first-order valence-corrected chi connectivity index (χ1v) is 11.8. The number of rotatable bonds is 5. The maximum atomic E-state index is 14.5. The summed E-state index contributed by atoms with van der Waals surface area (Å²) in [5.41, 5.74) is 3.64. The Bertz CT molecular complexity index is 1180. The second-order valence-corrected chi connectivity index (χ2v) is 9.87. The highest BCUT2D eigenvalue weighted by Crippen LogP contribution is 2.38. The molecule has 33 heavy (non-hydrogen) atoms. The van der Waals surface area contributed by atoms with Crippen LogP contribution in [0.5, 0.6) is 0 Å². The van der Waals surface area contributed by atoms with Gasteiger partial charge in [0.05, 0.1) is 29.2 Å². The number of aromatic nitrogens is 2. The number of aliphatic hydroxyl groups is 1. The fraction of sp³-hybridized carbons (Fsp3) is 0.360. The molecule has 0 bridgehead atoms. The molecule has 3 heterocycles. The van der Waals surface area contributed by atoms with Crippen LogP contribution < -0.4 is 5.32 Å². The predicted octanol–water partition coefficient (Wildman–Crippen LogP) is 4.07. The maximum absolute atomic E-state index is 14.5. The molecule has 0 saturated heterocycles. The molecule has 0 spiro atoms. The van der Waals surface area contributed by atoms with Crippen molar-refractivity contribution in [3.63, 3.8) is 0 Å². The molecule has 2 aromatic heterocycles. The van der Waals surface area contributed by atoms with E-state index in [0.717, 1.165) is 22.4 Å². The summed E-state index contributed by atoms with van der Waals surface area (Å²) in [7, 11) is 0. The molecule has 1 aliphatic heterocycles. The topological polar surface area (TPSA) is 84.3 Å². The molecule has 0 amide bonds. The smallest absolute Gasteiger partial charge is 0.208 e. The lowest BCUT2D eigenvalue weighted by Gasteiger charge is -2.26. The average Bonchev–Trinajstić information content (AvgIpc) is 3.33. The van der Waals surface area contributed by atoms with Gasteiger partial charge in [-0.05, 0) is 55.4 Å². The molecular weight excluding hydrogens is 441 g/mol. The fourth-order valence-corrected chi connectivity index (χ4v) is 5.67. The Labute approximate surface area is 195 Å². The Morgan fingerprint density at radius 1 is 1.33 bits per heavy atom. The summed E-state index contributed by atoms with van der Waals surface area (Å²) in [5.74, 6) is -0.392. The summed E-state index contributed by atoms with van der Waals surface area (Å²) in [6, 6.07) is 9.44. The highest BCUT2D eigenvalue weighted by atomic mass is 32.1. The molecule has 8 heteroatoms. The van der Waals surface area contributed by atoms with Gasteiger partial charge >= 0.3 is 0 Å². The lowest BCUT2D eigenvalue weighted by Crippen LogP contribution is -2.32. The normalized spacial score (nSPS) is 26.7. The molecule has 0 unspecified atom stereocenters. The number of benzene rings is 1. The number of anilines is 1. The highest BCUT2D eigenvalue weighted by molar-refractivity contribution is 7.14. The summed E-state index contributed by atoms with van der Waals surface area (Å²) >= 11 is 1.40. The number of fused-ring (bicyclic) bond motifs is 1. The average molecular weight is 467 g/mol. The van der Waals surface area contributed by atoms with E-state index in [4.69, 9.17) is 4.74 Å². The molecule has 3 aromatic rings. The van der Waals surface area contributed by atoms with E-state index < -0.39 is 24.2 Å². The van der Waals surface area contributed by atoms with E-state index in [2.05, 4.69) is 34.3 Å². The van der Waals surface area contributed by atoms with Crippen LogP contribution in [0.25, 0.3) is 0 Å². The van der Waals surface area contributed by atoms with Crippen LogP contribution in [0.15, 0.2) is 42.9 Å². The van der Waals surface area contributed by atoms with E-state index in [9.17, 15) is 14.3 Å². The molecule has 1 radical (unpaired) electrons. The standard InChI is InChI=1S/C25H25FN3O3S/c1-13-9-19(21(26)22(13)30)29-25-18(11-27-12-28-25)23(31)20-10-17(14(2)33-20)24-16-6-4-3-5-15(16)7-8-32-24/h3-6,10-13,19,21-22,24,30H,1,7-9H2,2H3,(H,27,28,29)/t13-,19-,21-,22-,24+/m1/s1. The van der Waals surface area contributed by atoms with Crippen LogP contribution in [-0.4, -0.2) is 45.8 Å². The SMILES string of the molecule is [CH2][C@@H]1C[C@@H](Nc2ncncc2C(=O)c2cc([C@H]3OCCc4ccccc43)c(C)s2)[C@@H](F)[C@@H]1O. The summed E-state index contributed by atoms with van der Waals surface area (Å²) in [6.07, 6.45) is 1.15. The number of thiophene rings is 1. The van der Waals surface area contributed by atoms with Gasteiger partial charge in [-0.1, -0.05) is 24.3 Å². The molecule has 2 N–H and O–H groups in total. The van der Waals surface area contributed by atoms with Crippen molar-refractivity contribution >= 4 is 22.9 Å². The van der Waals surface area contributed by atoms with Gasteiger partial charge in [0.25, 0.3) is 0 Å². The Morgan fingerprint density at radius 2 is 2.15 bits per heavy atom. The zero-order valence-electron chi connectivity index (χ0n) is 18.2. The van der Waals surface area contributed by atoms with Crippen molar-refractivity contribution in [2.24, 2.45) is 5.92 Å². The summed E-state index contributed by atoms with van der Waals surface area (Å²) in [4.78, 5) is 23.2. The van der Waals surface area contributed by atoms with Gasteiger partial charge in [0.15, 0.2) is 0 Å². The van der Waals surface area contributed by atoms with E-state index in [-0.39, 0.29) is 23.3 Å². The van der Waals surface area contributed by atoms with Gasteiger partial charge in [-0.2, -0.15) is 0 Å². The molecular formula is C25H25FN3O3S. The molecule has 171 valence electrons. The van der Waals surface area contributed by atoms with E-state index in [1.54, 1.807) is 0 Å². The molecule has 5 atom stereocenters. The fourth-order valence-electron chi connectivity index (χ4n) is 4.67. The quantitative estimate of drug-likeness (QED) is 0.552. The van der Waals surface area contributed by atoms with E-state index in [1.807, 2.05) is 25.1 Å². The Hall–Kier alpha value is -2.68. The van der Waals surface area contributed by atoms with Crippen LogP contribution in [0.4, 0.5) is 10.2 Å². The molecule has 6 nitrogen and oxygen atoms in total. The summed E-state index contributed by atoms with van der Waals surface area (Å²) < 4.78 is 20.6. The Balaban J connectivity index is 1.43. The molecule has 1 saturated carbocycles. The van der Waals surface area contributed by atoms with Gasteiger partial charge in [-0.3, -0.25) is 4.79 Å². The minimum absolute atomic E-state index is 0.210. The number of carbonyl (C=O) groups excluding carboxylic acids is 1. The number of hydrogen-bond acceptors (Lipinski definition) is 7. The van der Waals surface area contributed by atoms with Crippen molar-refractivity contribution < 1.29 is 19.0 Å². The van der Waals surface area contributed by atoms with Crippen LogP contribution in [0.2, 0.25) is 0 Å². The second-order valence-electron chi connectivity index (χ2n) is 8.62. The molecule has 2 aliphatic rings. The number of nitrogens with zero attached hydrogens (tertiary/aromatic N) is 2. The second kappa shape index (κ2) is 8.93. The third kappa shape index (κ3) is 4.07. The lowest BCUT2D eigenvalue weighted by molar-refractivity contribution is 0.0697. The van der Waals surface area contributed by atoms with Crippen LogP contribution in [0.1, 0.15) is 49.3 Å². The number of nitrogens with one attached hydrogen (secondary N) is 1. The zero-order valence-corrected chi connectivity index (χ0v) is 19.0. The first kappa shape index (κ1) is 22.1. The number of aryl methyl sites for hydroxylation is 1. The van der Waals surface area contributed by atoms with Gasteiger partial charge in [0, 0.05) is 11.1 Å². The van der Waals surface area contributed by atoms with E-state index in [0.29, 0.717) is 17.9 Å². The largest absolute Gasteiger partial charge is 0.390 e. The summed E-state index contributed by atoms with van der Waals surface area (Å²) in [6.45, 7) is 6.42. The molecule has 1 aliphatic carbocycles. The number of alkyl halides is 1. The molecule has 1 fully saturated rings. The third-order valence-corrected chi connectivity index (χ3v) is 7.55. The van der Waals surface area contributed by atoms with Crippen molar-refractivity contribution in [3.05, 3.63) is 81.8 Å². The van der Waals surface area contributed by atoms with Crippen molar-refractivity contribution in [3.8, 4) is 0 Å². The van der Waals surface area contributed by atoms with Gasteiger partial charge in [-0.15, -0.1) is 11.3 Å². The zero-order chi connectivity index (χ0) is 23.1. The van der Waals surface area contributed by atoms with Gasteiger partial charge in [-0.25, -0.2) is 14.4 Å². The van der Waals surface area contributed by atoms with E-state index >= 15 is 0 Å². The Kier molecular flexibility index (Phi) is 5.99. The van der Waals surface area contributed by atoms with Gasteiger partial charge < -0.3 is 15.2 Å². The first-order valence-electron chi connectivity index (χ1n) is 11.0. The monoisotopic (exact) mass is 466 g/mol. The van der Waals surface area contributed by atoms with Crippen LogP contribution >= 0.6 is 11.3 Å². The molecule has 1 aromatic carbocycles. The number of aliphatic hydroxyl groups excluding tert-OH is 1. The van der Waals surface area contributed by atoms with Crippen molar-refractivity contribution in [2.75, 3.05) is 11.9 Å². The van der Waals surface area contributed by atoms with E-state index in [1.165, 1.54) is 29.4 Å². The first-order chi connectivity index (χ1) is 15.9. The number of ketones is 1. The van der Waals surface area contributed by atoms with Gasteiger partial charge in [0.2, 0.25) is 5.78 Å². The number of carbonyl (C=O) groups is 1. The van der Waals surface area contributed by atoms with Crippen LogP contribution in [0.3, 0.4) is 0 Å².